The summed E-state index contributed by atoms with van der Waals surface area (Å²) in [6.45, 7) is 5.79. The van der Waals surface area contributed by atoms with Gasteiger partial charge in [0.25, 0.3) is 5.56 Å². The normalized spacial score (nSPS) is 12.4. The Kier molecular flexibility index (Phi) is 5.48. The highest BCUT2D eigenvalue weighted by molar-refractivity contribution is 8.00. The molecular weight excluding hydrogens is 330 g/mol. The average molecular weight is 351 g/mol. The van der Waals surface area contributed by atoms with Crippen molar-refractivity contribution in [1.82, 2.24) is 14.1 Å². The molecule has 0 saturated carbocycles. The molecule has 0 fully saturated rings. The topological polar surface area (TPSA) is 83.2 Å². The summed E-state index contributed by atoms with van der Waals surface area (Å²) in [6.07, 6.45) is 2.18. The summed E-state index contributed by atoms with van der Waals surface area (Å²) in [5, 5.41) is -0.0662. The molecule has 0 saturated heterocycles. The maximum atomic E-state index is 12.6. The van der Waals surface area contributed by atoms with Crippen LogP contribution in [0.15, 0.2) is 20.7 Å². The number of nitrogens with zero attached hydrogens (tertiary/aromatic N) is 3. The molecule has 130 valence electrons. The predicted octanol–water partition coefficient (Wildman–Crippen LogP) is 1.37. The summed E-state index contributed by atoms with van der Waals surface area (Å²) >= 11 is 1.29. The van der Waals surface area contributed by atoms with Crippen LogP contribution in [-0.2, 0) is 23.6 Å². The molecule has 0 unspecified atom stereocenters. The van der Waals surface area contributed by atoms with E-state index in [1.807, 2.05) is 13.8 Å². The molecular formula is C16H21N3O4S. The molecule has 2 aromatic heterocycles. The van der Waals surface area contributed by atoms with Gasteiger partial charge in [-0.2, -0.15) is 0 Å². The fourth-order valence-electron chi connectivity index (χ4n) is 2.42. The van der Waals surface area contributed by atoms with Gasteiger partial charge in [-0.15, -0.1) is 11.8 Å². The number of carbonyl (C=O) groups excluding carboxylic acids is 1. The van der Waals surface area contributed by atoms with E-state index in [9.17, 15) is 14.4 Å². The number of aromatic nitrogens is 3. The molecule has 8 heteroatoms. The lowest BCUT2D eigenvalue weighted by atomic mass is 10.2. The molecule has 24 heavy (non-hydrogen) atoms. The SMILES string of the molecule is CCOC(=O)[C@H](CC)Sc1c(C)cnc2c1c(=O)n(C)c(=O)n2C. The van der Waals surface area contributed by atoms with Gasteiger partial charge in [0.15, 0.2) is 0 Å². The van der Waals surface area contributed by atoms with Gasteiger partial charge < -0.3 is 4.74 Å². The summed E-state index contributed by atoms with van der Waals surface area (Å²) < 4.78 is 7.50. The number of pyridine rings is 1. The van der Waals surface area contributed by atoms with Gasteiger partial charge in [0, 0.05) is 25.2 Å². The molecule has 0 aliphatic carbocycles. The van der Waals surface area contributed by atoms with Gasteiger partial charge in [-0.1, -0.05) is 6.92 Å². The fraction of sp³-hybridized carbons (Fsp3) is 0.500. The van der Waals surface area contributed by atoms with Crippen molar-refractivity contribution in [3.63, 3.8) is 0 Å². The number of carbonyl (C=O) groups is 1. The van der Waals surface area contributed by atoms with Crippen LogP contribution < -0.4 is 11.2 Å². The number of esters is 1. The number of ether oxygens (including phenoxy) is 1. The second-order valence-corrected chi connectivity index (χ2v) is 6.65. The lowest BCUT2D eigenvalue weighted by Crippen LogP contribution is -2.37. The Balaban J connectivity index is 2.70. The molecule has 7 nitrogen and oxygen atoms in total. The lowest BCUT2D eigenvalue weighted by Gasteiger charge is -2.17. The van der Waals surface area contributed by atoms with E-state index < -0.39 is 16.5 Å². The molecule has 0 radical (unpaired) electrons. The number of rotatable bonds is 5. The molecule has 2 rings (SSSR count). The zero-order valence-corrected chi connectivity index (χ0v) is 15.3. The van der Waals surface area contributed by atoms with Crippen LogP contribution in [0.4, 0.5) is 0 Å². The van der Waals surface area contributed by atoms with Gasteiger partial charge in [0.1, 0.15) is 10.9 Å². The van der Waals surface area contributed by atoms with Crippen molar-refractivity contribution < 1.29 is 9.53 Å². The monoisotopic (exact) mass is 351 g/mol. The average Bonchev–Trinajstić information content (AvgIpc) is 2.56. The third kappa shape index (κ3) is 3.10. The molecule has 0 N–H and O–H groups in total. The zero-order chi connectivity index (χ0) is 18.0. The number of hydrogen-bond acceptors (Lipinski definition) is 6. The first-order chi connectivity index (χ1) is 11.3. The molecule has 0 bridgehead atoms. The molecule has 0 aliphatic heterocycles. The molecule has 0 amide bonds. The molecule has 0 spiro atoms. The number of hydrogen-bond donors (Lipinski definition) is 0. The minimum absolute atomic E-state index is 0.308. The van der Waals surface area contributed by atoms with Crippen LogP contribution in [0.25, 0.3) is 11.0 Å². The van der Waals surface area contributed by atoms with Gasteiger partial charge in [0.2, 0.25) is 0 Å². The molecule has 2 heterocycles. The largest absolute Gasteiger partial charge is 0.465 e. The van der Waals surface area contributed by atoms with Crippen molar-refractivity contribution in [3.05, 3.63) is 32.6 Å². The highest BCUT2D eigenvalue weighted by Gasteiger charge is 2.23. The van der Waals surface area contributed by atoms with Crippen LogP contribution in [0.3, 0.4) is 0 Å². The minimum Gasteiger partial charge on any atom is -0.465 e. The Morgan fingerprint density at radius 1 is 1.29 bits per heavy atom. The van der Waals surface area contributed by atoms with E-state index in [-0.39, 0.29) is 5.97 Å². The summed E-state index contributed by atoms with van der Waals surface area (Å²) in [4.78, 5) is 41.7. The van der Waals surface area contributed by atoms with Crippen molar-refractivity contribution in [2.75, 3.05) is 6.61 Å². The maximum absolute atomic E-state index is 12.6. The Labute approximate surface area is 143 Å². The fourth-order valence-corrected chi connectivity index (χ4v) is 3.58. The van der Waals surface area contributed by atoms with E-state index in [1.54, 1.807) is 20.2 Å². The van der Waals surface area contributed by atoms with E-state index in [0.717, 1.165) is 10.1 Å². The van der Waals surface area contributed by atoms with Gasteiger partial charge in [0.05, 0.1) is 12.0 Å². The molecule has 1 atom stereocenters. The Bertz CT molecular complexity index is 901. The van der Waals surface area contributed by atoms with E-state index in [1.165, 1.54) is 23.4 Å². The quantitative estimate of drug-likeness (QED) is 0.598. The minimum atomic E-state index is -0.433. The van der Waals surface area contributed by atoms with Crippen LogP contribution in [0.1, 0.15) is 25.8 Å². The number of aryl methyl sites for hydroxylation is 2. The van der Waals surface area contributed by atoms with E-state index in [2.05, 4.69) is 4.98 Å². The van der Waals surface area contributed by atoms with Crippen molar-refractivity contribution in [1.29, 1.82) is 0 Å². The smallest absolute Gasteiger partial charge is 0.332 e. The first-order valence-corrected chi connectivity index (χ1v) is 8.60. The van der Waals surface area contributed by atoms with Crippen molar-refractivity contribution in [2.24, 2.45) is 14.1 Å². The molecule has 0 aliphatic rings. The first-order valence-electron chi connectivity index (χ1n) is 7.72. The van der Waals surface area contributed by atoms with E-state index in [0.29, 0.717) is 29.0 Å². The van der Waals surface area contributed by atoms with Crippen molar-refractivity contribution >= 4 is 28.8 Å². The third-order valence-corrected chi connectivity index (χ3v) is 5.35. The number of fused-ring (bicyclic) bond motifs is 1. The van der Waals surface area contributed by atoms with Gasteiger partial charge in [-0.25, -0.2) is 9.78 Å². The Morgan fingerprint density at radius 3 is 2.54 bits per heavy atom. The molecule has 0 aromatic carbocycles. The third-order valence-electron chi connectivity index (χ3n) is 3.78. The van der Waals surface area contributed by atoms with Gasteiger partial charge >= 0.3 is 11.7 Å². The zero-order valence-electron chi connectivity index (χ0n) is 14.5. The summed E-state index contributed by atoms with van der Waals surface area (Å²) in [5.41, 5.74) is 0.253. The van der Waals surface area contributed by atoms with Crippen molar-refractivity contribution in [2.45, 2.75) is 37.3 Å². The Morgan fingerprint density at radius 2 is 1.96 bits per heavy atom. The van der Waals surface area contributed by atoms with E-state index in [4.69, 9.17) is 4.74 Å². The highest BCUT2D eigenvalue weighted by Crippen LogP contribution is 2.32. The predicted molar refractivity (Wildman–Crippen MR) is 93.5 cm³/mol. The lowest BCUT2D eigenvalue weighted by molar-refractivity contribution is -0.142. The first kappa shape index (κ1) is 18.3. The number of thioether (sulfide) groups is 1. The van der Waals surface area contributed by atoms with Gasteiger partial charge in [-0.3, -0.25) is 18.7 Å². The summed E-state index contributed by atoms with van der Waals surface area (Å²) in [7, 11) is 3.01. The van der Waals surface area contributed by atoms with Crippen LogP contribution in [0.2, 0.25) is 0 Å². The molecule has 2 aromatic rings. The van der Waals surface area contributed by atoms with Crippen LogP contribution >= 0.6 is 11.8 Å². The van der Waals surface area contributed by atoms with Crippen LogP contribution in [0.5, 0.6) is 0 Å². The van der Waals surface area contributed by atoms with Crippen molar-refractivity contribution in [3.8, 4) is 0 Å². The summed E-state index contributed by atoms with van der Waals surface area (Å²) in [6, 6.07) is 0. The summed E-state index contributed by atoms with van der Waals surface area (Å²) in [5.74, 6) is -0.309. The van der Waals surface area contributed by atoms with Crippen LogP contribution in [-0.4, -0.2) is 31.9 Å². The maximum Gasteiger partial charge on any atom is 0.332 e. The van der Waals surface area contributed by atoms with Gasteiger partial charge in [-0.05, 0) is 25.8 Å². The standard InChI is InChI=1S/C16H21N3O4S/c1-6-10(15(21)23-7-2)24-12-9(3)8-17-13-11(12)14(20)19(5)16(22)18(13)4/h8,10H,6-7H2,1-5H3/t10-/m0/s1. The Hall–Kier alpha value is -2.09. The van der Waals surface area contributed by atoms with Crippen LogP contribution in [0, 0.1) is 6.92 Å². The second kappa shape index (κ2) is 7.21. The highest BCUT2D eigenvalue weighted by atomic mass is 32.2. The van der Waals surface area contributed by atoms with E-state index >= 15 is 0 Å². The second-order valence-electron chi connectivity index (χ2n) is 5.44.